The van der Waals surface area contributed by atoms with E-state index in [9.17, 15) is 22.0 Å². The molecule has 1 aliphatic heterocycles. The lowest BCUT2D eigenvalue weighted by Crippen LogP contribution is -2.38. The number of anilines is 1. The Hall–Kier alpha value is -3.94. The molecule has 0 spiro atoms. The molecule has 12 heteroatoms. The van der Waals surface area contributed by atoms with Crippen molar-refractivity contribution in [2.75, 3.05) is 23.8 Å². The van der Waals surface area contributed by atoms with E-state index in [1.807, 2.05) is 71.3 Å². The fourth-order valence-electron chi connectivity index (χ4n) is 5.23. The van der Waals surface area contributed by atoms with E-state index in [-0.39, 0.29) is 13.0 Å². The largest absolute Gasteiger partial charge is 0.748 e. The fraction of sp³-hybridized carbons (Fsp3) is 0.250. The smallest absolute Gasteiger partial charge is 0.301 e. The number of fused-ring (bicyclic) bond motifs is 2. The first-order valence-corrected chi connectivity index (χ1v) is 16.8. The van der Waals surface area contributed by atoms with Gasteiger partial charge in [0.05, 0.1) is 28.5 Å². The van der Waals surface area contributed by atoms with Gasteiger partial charge in [0.25, 0.3) is 0 Å². The SMILES string of the molecule is O=Cc1ccc2c(ccc(/C=C3\Oc4ccc(-c5ccccc5)cc4N3CCCCOS(=O)O)[n+]2CCCCS(=O)(=O)[O-])c1. The van der Waals surface area contributed by atoms with E-state index in [4.69, 9.17) is 13.5 Å². The van der Waals surface area contributed by atoms with Crippen molar-refractivity contribution in [1.82, 2.24) is 0 Å². The number of hydrogen-bond acceptors (Lipinski definition) is 8. The van der Waals surface area contributed by atoms with Gasteiger partial charge in [-0.2, -0.15) is 8.78 Å². The van der Waals surface area contributed by atoms with Crippen molar-refractivity contribution in [3.05, 3.63) is 96.0 Å². The third kappa shape index (κ3) is 7.96. The maximum atomic E-state index is 11.4. The van der Waals surface area contributed by atoms with E-state index in [1.54, 1.807) is 12.1 Å². The summed E-state index contributed by atoms with van der Waals surface area (Å²) in [5.74, 6) is 0.831. The third-order valence-electron chi connectivity index (χ3n) is 7.32. The first-order valence-electron chi connectivity index (χ1n) is 14.2. The van der Waals surface area contributed by atoms with Crippen LogP contribution in [0.4, 0.5) is 5.69 Å². The highest BCUT2D eigenvalue weighted by Crippen LogP contribution is 2.42. The van der Waals surface area contributed by atoms with Gasteiger partial charge in [-0.05, 0) is 60.7 Å². The number of nitrogens with zero attached hydrogens (tertiary/aromatic N) is 2. The van der Waals surface area contributed by atoms with Gasteiger partial charge in [-0.1, -0.05) is 36.4 Å². The van der Waals surface area contributed by atoms with Crippen LogP contribution in [0.3, 0.4) is 0 Å². The Morgan fingerprint density at radius 1 is 0.955 bits per heavy atom. The molecule has 0 fully saturated rings. The summed E-state index contributed by atoms with van der Waals surface area (Å²) in [6, 6.07) is 25.2. The van der Waals surface area contributed by atoms with E-state index in [0.29, 0.717) is 49.5 Å². The summed E-state index contributed by atoms with van der Waals surface area (Å²) in [6.07, 6.45) is 4.58. The Bertz CT molecular complexity index is 1810. The molecule has 2 heterocycles. The molecule has 1 unspecified atom stereocenters. The summed E-state index contributed by atoms with van der Waals surface area (Å²) < 4.78 is 66.6. The van der Waals surface area contributed by atoms with Crippen LogP contribution in [0.2, 0.25) is 0 Å². The van der Waals surface area contributed by atoms with Crippen molar-refractivity contribution in [2.24, 2.45) is 0 Å². The number of aryl methyl sites for hydroxylation is 1. The Balaban J connectivity index is 1.51. The Morgan fingerprint density at radius 3 is 2.52 bits per heavy atom. The van der Waals surface area contributed by atoms with E-state index < -0.39 is 27.2 Å². The minimum Gasteiger partial charge on any atom is -0.748 e. The van der Waals surface area contributed by atoms with Crippen LogP contribution in [-0.2, 0) is 32.2 Å². The van der Waals surface area contributed by atoms with Gasteiger partial charge in [0.1, 0.15) is 12.8 Å². The molecule has 10 nitrogen and oxygen atoms in total. The molecular formula is C32H32N2O8S2. The van der Waals surface area contributed by atoms with Crippen LogP contribution in [-0.4, -0.2) is 46.9 Å². The molecule has 0 amide bonds. The quantitative estimate of drug-likeness (QED) is 0.0662. The second-order valence-electron chi connectivity index (χ2n) is 10.3. The van der Waals surface area contributed by atoms with Crippen molar-refractivity contribution in [3.63, 3.8) is 0 Å². The van der Waals surface area contributed by atoms with Gasteiger partial charge in [0, 0.05) is 41.8 Å². The molecule has 0 aliphatic carbocycles. The van der Waals surface area contributed by atoms with Crippen LogP contribution in [0.5, 0.6) is 5.75 Å². The van der Waals surface area contributed by atoms with Crippen molar-refractivity contribution >= 4 is 50.4 Å². The van der Waals surface area contributed by atoms with Crippen LogP contribution in [0, 0.1) is 0 Å². The van der Waals surface area contributed by atoms with E-state index in [2.05, 4.69) is 11.0 Å². The van der Waals surface area contributed by atoms with Crippen LogP contribution >= 0.6 is 0 Å². The second kappa shape index (κ2) is 14.2. The lowest BCUT2D eigenvalue weighted by atomic mass is 10.0. The average Bonchev–Trinajstić information content (AvgIpc) is 3.35. The van der Waals surface area contributed by atoms with Crippen molar-refractivity contribution < 1.29 is 40.0 Å². The van der Waals surface area contributed by atoms with Gasteiger partial charge >= 0.3 is 11.4 Å². The minimum atomic E-state index is -4.31. The molecule has 230 valence electrons. The molecule has 4 aromatic rings. The van der Waals surface area contributed by atoms with Gasteiger partial charge in [-0.15, -0.1) is 0 Å². The molecule has 1 aromatic heterocycles. The molecule has 3 aromatic carbocycles. The van der Waals surface area contributed by atoms with E-state index in [1.165, 1.54) is 0 Å². The summed E-state index contributed by atoms with van der Waals surface area (Å²) in [6.45, 7) is 1.13. The standard InChI is InChI=1S/C32H32N2O8S2/c35-23-24-10-14-29-27(20-24)11-13-28(33(29)16-5-7-19-44(38,39)40)22-32-34(17-4-6-18-41-43(36)37)30-21-26(12-15-31(30)42-32)25-8-2-1-3-9-25/h1-3,8-15,20-23H,4-7,16-19H2,(H-,36,37,38,39,40). The highest BCUT2D eigenvalue weighted by Gasteiger charge is 2.28. The summed E-state index contributed by atoms with van der Waals surface area (Å²) in [5.41, 5.74) is 5.14. The van der Waals surface area contributed by atoms with Crippen LogP contribution in [0.15, 0.2) is 84.7 Å². The highest BCUT2D eigenvalue weighted by atomic mass is 32.2. The number of hydrogen-bond donors (Lipinski definition) is 1. The zero-order valence-electron chi connectivity index (χ0n) is 23.8. The normalized spacial score (nSPS) is 14.5. The molecule has 0 radical (unpaired) electrons. The van der Waals surface area contributed by atoms with Gasteiger partial charge in [-0.3, -0.25) is 13.5 Å². The van der Waals surface area contributed by atoms with Crippen LogP contribution in [0.25, 0.3) is 28.1 Å². The number of pyridine rings is 1. The topological polar surface area (TPSA) is 137 Å². The van der Waals surface area contributed by atoms with Crippen molar-refractivity contribution in [3.8, 4) is 16.9 Å². The number of carbonyl (C=O) groups is 1. The highest BCUT2D eigenvalue weighted by molar-refractivity contribution is 7.85. The lowest BCUT2D eigenvalue weighted by Gasteiger charge is -2.19. The number of ether oxygens (including phenoxy) is 1. The molecule has 5 rings (SSSR count). The molecule has 0 bridgehead atoms. The Labute approximate surface area is 258 Å². The molecule has 0 saturated carbocycles. The Kier molecular flexibility index (Phi) is 10.2. The Morgan fingerprint density at radius 2 is 1.77 bits per heavy atom. The minimum absolute atomic E-state index is 0.139. The number of rotatable bonds is 14. The van der Waals surface area contributed by atoms with Gasteiger partial charge in [0.15, 0.2) is 5.75 Å². The van der Waals surface area contributed by atoms with Gasteiger partial charge < -0.3 is 14.2 Å². The molecule has 1 aliphatic rings. The predicted molar refractivity (Wildman–Crippen MR) is 167 cm³/mol. The summed E-state index contributed by atoms with van der Waals surface area (Å²) in [7, 11) is -4.31. The average molecular weight is 637 g/mol. The first kappa shape index (κ1) is 31.5. The monoisotopic (exact) mass is 636 g/mol. The maximum Gasteiger partial charge on any atom is 0.301 e. The van der Waals surface area contributed by atoms with Gasteiger partial charge in [-0.25, -0.2) is 8.42 Å². The molecule has 1 N–H and O–H groups in total. The zero-order chi connectivity index (χ0) is 31.1. The van der Waals surface area contributed by atoms with Crippen LogP contribution < -0.4 is 14.2 Å². The number of aldehydes is 1. The third-order valence-corrected chi connectivity index (χ3v) is 8.48. The maximum absolute atomic E-state index is 11.4. The summed E-state index contributed by atoms with van der Waals surface area (Å²) in [4.78, 5) is 13.5. The van der Waals surface area contributed by atoms with E-state index >= 15 is 0 Å². The number of unbranched alkanes of at least 4 members (excludes halogenated alkanes) is 2. The zero-order valence-corrected chi connectivity index (χ0v) is 25.5. The van der Waals surface area contributed by atoms with E-state index in [0.717, 1.165) is 39.7 Å². The second-order valence-corrected chi connectivity index (χ2v) is 12.5. The van der Waals surface area contributed by atoms with Crippen molar-refractivity contribution in [1.29, 1.82) is 0 Å². The number of aromatic nitrogens is 1. The summed E-state index contributed by atoms with van der Waals surface area (Å²) in [5, 5.41) is 0.842. The predicted octanol–water partition coefficient (Wildman–Crippen LogP) is 5.06. The van der Waals surface area contributed by atoms with Gasteiger partial charge in [0.2, 0.25) is 17.1 Å². The van der Waals surface area contributed by atoms with Crippen LogP contribution in [0.1, 0.15) is 41.7 Å². The summed E-state index contributed by atoms with van der Waals surface area (Å²) >= 11 is -2.31. The number of carbonyl (C=O) groups excluding carboxylic acids is 1. The fourth-order valence-corrected chi connectivity index (χ4v) is 6.05. The molecular weight excluding hydrogens is 604 g/mol. The number of benzene rings is 3. The molecule has 44 heavy (non-hydrogen) atoms. The lowest BCUT2D eigenvalue weighted by molar-refractivity contribution is -0.673. The van der Waals surface area contributed by atoms with Crippen molar-refractivity contribution in [2.45, 2.75) is 32.2 Å². The molecule has 1 atom stereocenters. The molecule has 0 saturated heterocycles. The first-order chi connectivity index (χ1) is 21.2.